The van der Waals surface area contributed by atoms with Gasteiger partial charge in [-0.05, 0) is 67.2 Å². The molecule has 198 valence electrons. The smallest absolute Gasteiger partial charge is 0.230 e. The minimum absolute atomic E-state index is 0.0411. The number of carbonyl (C=O) groups is 1. The van der Waals surface area contributed by atoms with Crippen LogP contribution in [0.15, 0.2) is 30.8 Å². The summed E-state index contributed by atoms with van der Waals surface area (Å²) in [5.74, 6) is 6.73. The van der Waals surface area contributed by atoms with Gasteiger partial charge in [0, 0.05) is 46.7 Å². The van der Waals surface area contributed by atoms with Crippen LogP contribution in [-0.2, 0) is 4.79 Å². The minimum Gasteiger partial charge on any atom is -0.395 e. The van der Waals surface area contributed by atoms with Gasteiger partial charge in [0.1, 0.15) is 0 Å². The molecule has 6 nitrogen and oxygen atoms in total. The van der Waals surface area contributed by atoms with Gasteiger partial charge in [0.05, 0.1) is 6.61 Å². The molecule has 1 amide bonds. The van der Waals surface area contributed by atoms with Gasteiger partial charge in [-0.15, -0.1) is 0 Å². The first kappa shape index (κ1) is 26.9. The molecule has 0 spiro atoms. The maximum absolute atomic E-state index is 13.6. The van der Waals surface area contributed by atoms with Crippen molar-refractivity contribution in [3.05, 3.63) is 36.5 Å². The lowest BCUT2D eigenvalue weighted by atomic mass is 9.68. The number of amides is 1. The molecule has 0 saturated heterocycles. The molecule has 0 radical (unpaired) electrons. The number of anilines is 1. The highest BCUT2D eigenvalue weighted by molar-refractivity contribution is 5.97. The van der Waals surface area contributed by atoms with Crippen LogP contribution in [0.5, 0.6) is 0 Å². The molecular weight excluding hydrogens is 448 g/mol. The van der Waals surface area contributed by atoms with Crippen molar-refractivity contribution in [2.75, 3.05) is 18.1 Å². The summed E-state index contributed by atoms with van der Waals surface area (Å²) in [6.07, 6.45) is 10.4. The van der Waals surface area contributed by atoms with Gasteiger partial charge in [-0.2, -0.15) is 0 Å². The maximum atomic E-state index is 13.6. The van der Waals surface area contributed by atoms with Gasteiger partial charge in [-0.1, -0.05) is 59.1 Å². The van der Waals surface area contributed by atoms with Crippen molar-refractivity contribution in [1.82, 2.24) is 10.4 Å². The Morgan fingerprint density at radius 2 is 1.94 bits per heavy atom. The fourth-order valence-corrected chi connectivity index (χ4v) is 6.56. The second-order valence-corrected chi connectivity index (χ2v) is 12.0. The van der Waals surface area contributed by atoms with E-state index >= 15 is 0 Å². The Labute approximate surface area is 216 Å². The molecule has 1 aromatic carbocycles. The SMILES string of the molecule is C=C(c1cc2ccc(N(CCO)C(=O)C(C)C3CCCCCC3)cc2[nH]1)C1CCC(C)(C)CC1NN. The number of benzene rings is 1. The topological polar surface area (TPSA) is 94.4 Å². The third-order valence-corrected chi connectivity index (χ3v) is 8.90. The van der Waals surface area contributed by atoms with Gasteiger partial charge in [0.25, 0.3) is 0 Å². The van der Waals surface area contributed by atoms with Gasteiger partial charge in [0.2, 0.25) is 5.91 Å². The minimum atomic E-state index is -0.0561. The number of aromatic nitrogens is 1. The van der Waals surface area contributed by atoms with E-state index in [9.17, 15) is 9.90 Å². The van der Waals surface area contributed by atoms with E-state index in [2.05, 4.69) is 49.9 Å². The van der Waals surface area contributed by atoms with E-state index in [1.807, 2.05) is 12.1 Å². The Morgan fingerprint density at radius 1 is 1.22 bits per heavy atom. The molecule has 2 saturated carbocycles. The van der Waals surface area contributed by atoms with Crippen LogP contribution in [0.3, 0.4) is 0 Å². The average molecular weight is 495 g/mol. The fourth-order valence-electron chi connectivity index (χ4n) is 6.56. The summed E-state index contributed by atoms with van der Waals surface area (Å²) in [5, 5.41) is 10.9. The molecule has 6 heteroatoms. The Hall–Kier alpha value is -2.15. The number of fused-ring (bicyclic) bond motifs is 1. The second-order valence-electron chi connectivity index (χ2n) is 12.0. The molecule has 4 rings (SSSR count). The summed E-state index contributed by atoms with van der Waals surface area (Å²) in [6, 6.07) is 8.47. The third kappa shape index (κ3) is 5.87. The van der Waals surface area contributed by atoms with E-state index in [0.717, 1.165) is 60.0 Å². The van der Waals surface area contributed by atoms with E-state index < -0.39 is 0 Å². The fraction of sp³-hybridized carbons (Fsp3) is 0.633. The molecule has 3 unspecified atom stereocenters. The molecule has 2 aromatic rings. The van der Waals surface area contributed by atoms with Crippen molar-refractivity contribution >= 4 is 28.1 Å². The van der Waals surface area contributed by atoms with E-state index in [1.165, 1.54) is 25.7 Å². The van der Waals surface area contributed by atoms with Crippen LogP contribution in [0.25, 0.3) is 16.5 Å². The van der Waals surface area contributed by atoms with Gasteiger partial charge in [-0.3, -0.25) is 16.1 Å². The lowest BCUT2D eigenvalue weighted by Gasteiger charge is -2.41. The van der Waals surface area contributed by atoms with Crippen LogP contribution >= 0.6 is 0 Å². The van der Waals surface area contributed by atoms with Crippen molar-refractivity contribution in [3.63, 3.8) is 0 Å². The molecule has 5 N–H and O–H groups in total. The van der Waals surface area contributed by atoms with Crippen LogP contribution in [0, 0.1) is 23.2 Å². The van der Waals surface area contributed by atoms with Crippen molar-refractivity contribution in [2.45, 2.75) is 84.6 Å². The van der Waals surface area contributed by atoms with Crippen molar-refractivity contribution in [2.24, 2.45) is 29.0 Å². The first-order valence-electron chi connectivity index (χ1n) is 13.9. The average Bonchev–Trinajstić information content (AvgIpc) is 3.10. The largest absolute Gasteiger partial charge is 0.395 e. The zero-order valence-corrected chi connectivity index (χ0v) is 22.5. The monoisotopic (exact) mass is 494 g/mol. The predicted molar refractivity (Wildman–Crippen MR) is 149 cm³/mol. The molecule has 0 bridgehead atoms. The number of nitrogens with two attached hydrogens (primary N) is 1. The number of H-pyrrole nitrogens is 1. The molecule has 1 aromatic heterocycles. The summed E-state index contributed by atoms with van der Waals surface area (Å²) in [7, 11) is 0. The Balaban J connectivity index is 1.55. The molecule has 2 fully saturated rings. The predicted octanol–water partition coefficient (Wildman–Crippen LogP) is 5.77. The number of nitrogens with zero attached hydrogens (tertiary/aromatic N) is 1. The van der Waals surface area contributed by atoms with E-state index in [0.29, 0.717) is 12.5 Å². The van der Waals surface area contributed by atoms with Crippen molar-refractivity contribution < 1.29 is 9.90 Å². The zero-order chi connectivity index (χ0) is 25.9. The Kier molecular flexibility index (Phi) is 8.59. The number of aliphatic hydroxyl groups excluding tert-OH is 1. The summed E-state index contributed by atoms with van der Waals surface area (Å²) in [6.45, 7) is 11.4. The summed E-state index contributed by atoms with van der Waals surface area (Å²) in [4.78, 5) is 18.9. The van der Waals surface area contributed by atoms with Crippen LogP contribution in [-0.4, -0.2) is 35.2 Å². The first-order valence-corrected chi connectivity index (χ1v) is 13.9. The molecule has 1 heterocycles. The van der Waals surface area contributed by atoms with Crippen LogP contribution < -0.4 is 16.2 Å². The van der Waals surface area contributed by atoms with Gasteiger partial charge < -0.3 is 15.0 Å². The third-order valence-electron chi connectivity index (χ3n) is 8.90. The lowest BCUT2D eigenvalue weighted by Crippen LogP contribution is -2.47. The van der Waals surface area contributed by atoms with E-state index in [-0.39, 0.29) is 35.8 Å². The number of aliphatic hydroxyl groups is 1. The molecule has 2 aliphatic carbocycles. The summed E-state index contributed by atoms with van der Waals surface area (Å²) >= 11 is 0. The highest BCUT2D eigenvalue weighted by Crippen LogP contribution is 2.43. The van der Waals surface area contributed by atoms with Gasteiger partial charge in [0.15, 0.2) is 0 Å². The van der Waals surface area contributed by atoms with Crippen LogP contribution in [0.4, 0.5) is 5.69 Å². The summed E-state index contributed by atoms with van der Waals surface area (Å²) < 4.78 is 0. The molecule has 3 atom stereocenters. The lowest BCUT2D eigenvalue weighted by molar-refractivity contribution is -0.123. The molecular formula is C30H46N4O2. The molecule has 36 heavy (non-hydrogen) atoms. The first-order chi connectivity index (χ1) is 17.2. The number of nitrogens with one attached hydrogen (secondary N) is 2. The Bertz CT molecular complexity index is 1050. The number of hydrazine groups is 1. The second kappa shape index (κ2) is 11.5. The number of carbonyl (C=O) groups excluding carboxylic acids is 1. The number of rotatable bonds is 8. The van der Waals surface area contributed by atoms with Crippen LogP contribution in [0.2, 0.25) is 0 Å². The van der Waals surface area contributed by atoms with Crippen molar-refractivity contribution in [3.8, 4) is 0 Å². The molecule has 0 aliphatic heterocycles. The number of aromatic amines is 1. The normalized spacial score (nSPS) is 23.8. The van der Waals surface area contributed by atoms with E-state index in [1.54, 1.807) is 4.90 Å². The highest BCUT2D eigenvalue weighted by Gasteiger charge is 2.36. The highest BCUT2D eigenvalue weighted by atomic mass is 16.3. The molecule has 2 aliphatic rings. The number of hydrogen-bond donors (Lipinski definition) is 4. The van der Waals surface area contributed by atoms with Crippen molar-refractivity contribution in [1.29, 1.82) is 0 Å². The van der Waals surface area contributed by atoms with Gasteiger partial charge >= 0.3 is 0 Å². The maximum Gasteiger partial charge on any atom is 0.230 e. The quantitative estimate of drug-likeness (QED) is 0.213. The standard InChI is InChI=1S/C30H46N4O2/c1-20(22-9-7-5-6-8-10-22)29(36)34(15-16-35)24-12-11-23-17-26(32-27(23)18-24)21(2)25-13-14-30(3,4)19-28(25)33-31/h11-12,17-18,20,22,25,28,32-33,35H,2,5-10,13-16,19,31H2,1,3-4H3. The summed E-state index contributed by atoms with van der Waals surface area (Å²) in [5.41, 5.74) is 7.24. The Morgan fingerprint density at radius 3 is 2.61 bits per heavy atom. The van der Waals surface area contributed by atoms with Crippen LogP contribution in [0.1, 0.15) is 84.3 Å². The van der Waals surface area contributed by atoms with Gasteiger partial charge in [-0.25, -0.2) is 0 Å². The van der Waals surface area contributed by atoms with E-state index in [4.69, 9.17) is 5.84 Å². The zero-order valence-electron chi connectivity index (χ0n) is 22.5. The number of hydrogen-bond acceptors (Lipinski definition) is 4.